The molecule has 0 radical (unpaired) electrons. The second kappa shape index (κ2) is 12.4. The average Bonchev–Trinajstić information content (AvgIpc) is 3.31. The summed E-state index contributed by atoms with van der Waals surface area (Å²) in [6, 6.07) is 28.9. The van der Waals surface area contributed by atoms with E-state index in [1.54, 1.807) is 55.5 Å². The van der Waals surface area contributed by atoms with Crippen LogP contribution in [0.25, 0.3) is 11.1 Å². The fourth-order valence-electron chi connectivity index (χ4n) is 4.91. The van der Waals surface area contributed by atoms with Gasteiger partial charge in [0.2, 0.25) is 5.91 Å². The summed E-state index contributed by atoms with van der Waals surface area (Å²) in [7, 11) is 0. The average molecular weight is 550 g/mol. The maximum Gasteiger partial charge on any atom is 0.407 e. The molecular weight excluding hydrogens is 518 g/mol. The van der Waals surface area contributed by atoms with Crippen LogP contribution in [-0.2, 0) is 9.53 Å². The van der Waals surface area contributed by atoms with Gasteiger partial charge in [0, 0.05) is 11.6 Å². The molecule has 0 spiro atoms. The molecule has 3 amide bonds. The predicted octanol–water partition coefficient (Wildman–Crippen LogP) is 6.20. The Hall–Kier alpha value is -5.11. The van der Waals surface area contributed by atoms with E-state index in [2.05, 4.69) is 28.1 Å². The molecule has 3 N–H and O–H groups in total. The van der Waals surface area contributed by atoms with Crippen LogP contribution in [0.1, 0.15) is 41.3 Å². The van der Waals surface area contributed by atoms with Gasteiger partial charge in [-0.05, 0) is 72.5 Å². The third-order valence-electron chi connectivity index (χ3n) is 6.92. The quantitative estimate of drug-likeness (QED) is 0.230. The molecule has 1 aliphatic carbocycles. The van der Waals surface area contributed by atoms with Crippen molar-refractivity contribution in [2.24, 2.45) is 0 Å². The smallest absolute Gasteiger partial charge is 0.407 e. The molecule has 4 aromatic carbocycles. The van der Waals surface area contributed by atoms with Crippen LogP contribution in [0.3, 0.4) is 0 Å². The van der Waals surface area contributed by atoms with Crippen LogP contribution in [-0.4, -0.2) is 37.2 Å². The molecule has 5 rings (SSSR count). The van der Waals surface area contributed by atoms with Gasteiger partial charge in [-0.3, -0.25) is 9.59 Å². The lowest BCUT2D eigenvalue weighted by atomic mass is 9.98. The van der Waals surface area contributed by atoms with Crippen molar-refractivity contribution in [3.63, 3.8) is 0 Å². The van der Waals surface area contributed by atoms with E-state index in [9.17, 15) is 14.4 Å². The summed E-state index contributed by atoms with van der Waals surface area (Å²) in [6.07, 6.45) is -0.698. The van der Waals surface area contributed by atoms with Gasteiger partial charge in [0.25, 0.3) is 5.91 Å². The maximum absolute atomic E-state index is 13.0. The number of nitrogens with one attached hydrogen (secondary N) is 3. The van der Waals surface area contributed by atoms with Crippen molar-refractivity contribution < 1.29 is 23.9 Å². The SMILES string of the molecule is CCOc1ccc(NC(=O)c2ccccc2NC(=O)C(C)NC(=O)OCC2c3ccccc3-c3ccccc32)cc1. The highest BCUT2D eigenvalue weighted by Crippen LogP contribution is 2.44. The molecule has 1 aliphatic rings. The van der Waals surface area contributed by atoms with E-state index in [1.807, 2.05) is 43.3 Å². The van der Waals surface area contributed by atoms with Gasteiger partial charge in [-0.1, -0.05) is 60.7 Å². The summed E-state index contributed by atoms with van der Waals surface area (Å²) in [5.41, 5.74) is 5.67. The number of hydrogen-bond acceptors (Lipinski definition) is 5. The molecule has 0 fully saturated rings. The first kappa shape index (κ1) is 27.5. The van der Waals surface area contributed by atoms with Crippen molar-refractivity contribution in [1.29, 1.82) is 0 Å². The number of anilines is 2. The van der Waals surface area contributed by atoms with E-state index in [-0.39, 0.29) is 24.0 Å². The molecule has 208 valence electrons. The van der Waals surface area contributed by atoms with Crippen molar-refractivity contribution in [3.05, 3.63) is 114 Å². The van der Waals surface area contributed by atoms with Crippen LogP contribution < -0.4 is 20.7 Å². The first-order valence-corrected chi connectivity index (χ1v) is 13.5. The lowest BCUT2D eigenvalue weighted by Crippen LogP contribution is -2.42. The van der Waals surface area contributed by atoms with Gasteiger partial charge in [0.1, 0.15) is 18.4 Å². The summed E-state index contributed by atoms with van der Waals surface area (Å²) >= 11 is 0. The van der Waals surface area contributed by atoms with Crippen molar-refractivity contribution in [3.8, 4) is 16.9 Å². The number of ether oxygens (including phenoxy) is 2. The van der Waals surface area contributed by atoms with E-state index in [1.165, 1.54) is 0 Å². The van der Waals surface area contributed by atoms with E-state index in [4.69, 9.17) is 9.47 Å². The Morgan fingerprint density at radius 2 is 1.39 bits per heavy atom. The fourth-order valence-corrected chi connectivity index (χ4v) is 4.91. The van der Waals surface area contributed by atoms with Crippen LogP contribution in [0, 0.1) is 0 Å². The summed E-state index contributed by atoms with van der Waals surface area (Å²) in [4.78, 5) is 38.6. The number of hydrogen-bond donors (Lipinski definition) is 3. The number of alkyl carbamates (subject to hydrolysis) is 1. The van der Waals surface area contributed by atoms with E-state index < -0.39 is 18.0 Å². The van der Waals surface area contributed by atoms with Crippen LogP contribution in [0.2, 0.25) is 0 Å². The predicted molar refractivity (Wildman–Crippen MR) is 158 cm³/mol. The molecule has 1 atom stereocenters. The van der Waals surface area contributed by atoms with Gasteiger partial charge in [-0.2, -0.15) is 0 Å². The Morgan fingerprint density at radius 1 is 0.780 bits per heavy atom. The van der Waals surface area contributed by atoms with Gasteiger partial charge in [0.15, 0.2) is 0 Å². The highest BCUT2D eigenvalue weighted by molar-refractivity contribution is 6.10. The molecule has 8 heteroatoms. The fraction of sp³-hybridized carbons (Fsp3) is 0.182. The second-order valence-electron chi connectivity index (χ2n) is 9.64. The number of carbonyl (C=O) groups excluding carboxylic acids is 3. The molecule has 8 nitrogen and oxygen atoms in total. The van der Waals surface area contributed by atoms with E-state index in [0.29, 0.717) is 23.7 Å². The molecule has 0 saturated carbocycles. The molecule has 1 unspecified atom stereocenters. The van der Waals surface area contributed by atoms with Gasteiger partial charge in [0.05, 0.1) is 17.9 Å². The third kappa shape index (κ3) is 6.22. The lowest BCUT2D eigenvalue weighted by Gasteiger charge is -2.18. The van der Waals surface area contributed by atoms with Crippen molar-refractivity contribution in [2.75, 3.05) is 23.8 Å². The molecule has 0 aliphatic heterocycles. The third-order valence-corrected chi connectivity index (χ3v) is 6.92. The maximum atomic E-state index is 13.0. The highest BCUT2D eigenvalue weighted by atomic mass is 16.5. The van der Waals surface area contributed by atoms with Crippen molar-refractivity contribution >= 4 is 29.3 Å². The Labute approximate surface area is 238 Å². The van der Waals surface area contributed by atoms with Gasteiger partial charge in [-0.25, -0.2) is 4.79 Å². The normalized spacial score (nSPS) is 12.4. The Balaban J connectivity index is 1.17. The zero-order valence-electron chi connectivity index (χ0n) is 22.8. The molecule has 0 aromatic heterocycles. The molecular formula is C33H31N3O5. The Bertz CT molecular complexity index is 1520. The Kier molecular flexibility index (Phi) is 8.29. The van der Waals surface area contributed by atoms with Gasteiger partial charge in [-0.15, -0.1) is 0 Å². The molecule has 0 bridgehead atoms. The van der Waals surface area contributed by atoms with Crippen LogP contribution in [0.15, 0.2) is 97.1 Å². The highest BCUT2D eigenvalue weighted by Gasteiger charge is 2.29. The largest absolute Gasteiger partial charge is 0.494 e. The minimum absolute atomic E-state index is 0.0851. The number of carbonyl (C=O) groups is 3. The number of fused-ring (bicyclic) bond motifs is 3. The molecule has 0 heterocycles. The zero-order chi connectivity index (χ0) is 28.8. The molecule has 41 heavy (non-hydrogen) atoms. The van der Waals surface area contributed by atoms with Crippen molar-refractivity contribution in [2.45, 2.75) is 25.8 Å². The first-order chi connectivity index (χ1) is 19.9. The summed E-state index contributed by atoms with van der Waals surface area (Å²) in [5, 5.41) is 8.16. The summed E-state index contributed by atoms with van der Waals surface area (Å²) in [5.74, 6) is -0.254. The van der Waals surface area contributed by atoms with E-state index in [0.717, 1.165) is 22.3 Å². The van der Waals surface area contributed by atoms with Crippen LogP contribution in [0.5, 0.6) is 5.75 Å². The molecule has 0 saturated heterocycles. The summed E-state index contributed by atoms with van der Waals surface area (Å²) in [6.45, 7) is 4.14. The van der Waals surface area contributed by atoms with Crippen LogP contribution in [0.4, 0.5) is 16.2 Å². The van der Waals surface area contributed by atoms with Gasteiger partial charge >= 0.3 is 6.09 Å². The minimum atomic E-state index is -0.909. The lowest BCUT2D eigenvalue weighted by molar-refractivity contribution is -0.117. The van der Waals surface area contributed by atoms with E-state index >= 15 is 0 Å². The first-order valence-electron chi connectivity index (χ1n) is 13.5. The topological polar surface area (TPSA) is 106 Å². The minimum Gasteiger partial charge on any atom is -0.494 e. The van der Waals surface area contributed by atoms with Crippen LogP contribution >= 0.6 is 0 Å². The Morgan fingerprint density at radius 3 is 2.05 bits per heavy atom. The van der Waals surface area contributed by atoms with Gasteiger partial charge < -0.3 is 25.4 Å². The van der Waals surface area contributed by atoms with Crippen molar-refractivity contribution in [1.82, 2.24) is 5.32 Å². The summed E-state index contributed by atoms with van der Waals surface area (Å²) < 4.78 is 11.0. The monoisotopic (exact) mass is 549 g/mol. The number of amides is 3. The number of para-hydroxylation sites is 1. The zero-order valence-corrected chi connectivity index (χ0v) is 22.8. The number of rotatable bonds is 9. The molecule has 4 aromatic rings. The standard InChI is InChI=1S/C33H31N3O5/c1-3-40-23-18-16-22(17-19-23)35-32(38)28-14-8-9-15-30(28)36-31(37)21(2)34-33(39)41-20-29-26-12-6-4-10-24(26)25-11-5-7-13-27(25)29/h4-19,21,29H,3,20H2,1-2H3,(H,34,39)(H,35,38)(H,36,37). The number of benzene rings is 4. The second-order valence-corrected chi connectivity index (χ2v) is 9.64.